The van der Waals surface area contributed by atoms with Crippen molar-refractivity contribution in [3.8, 4) is 5.75 Å². The SMILES string of the molecule is COC(=O)C(C)(N)COc1cc(F)c([N+](=O)[O-])cc1F. The summed E-state index contributed by atoms with van der Waals surface area (Å²) in [5.41, 5.74) is 2.98. The van der Waals surface area contributed by atoms with Gasteiger partial charge in [-0.05, 0) is 6.92 Å². The van der Waals surface area contributed by atoms with Gasteiger partial charge in [0.2, 0.25) is 5.82 Å². The number of nitro benzene ring substituents is 1. The Balaban J connectivity index is 2.92. The van der Waals surface area contributed by atoms with E-state index in [1.807, 2.05) is 0 Å². The van der Waals surface area contributed by atoms with Crippen LogP contribution in [0.3, 0.4) is 0 Å². The first-order valence-electron chi connectivity index (χ1n) is 5.32. The molecule has 0 saturated heterocycles. The summed E-state index contributed by atoms with van der Waals surface area (Å²) in [6.45, 7) is 0.784. The summed E-state index contributed by atoms with van der Waals surface area (Å²) in [5.74, 6) is -3.80. The van der Waals surface area contributed by atoms with Crippen LogP contribution in [0.5, 0.6) is 5.75 Å². The van der Waals surface area contributed by atoms with Gasteiger partial charge in [-0.15, -0.1) is 0 Å². The summed E-state index contributed by atoms with van der Waals surface area (Å²) in [6, 6.07) is 0.900. The van der Waals surface area contributed by atoms with Gasteiger partial charge in [0.15, 0.2) is 11.6 Å². The van der Waals surface area contributed by atoms with Gasteiger partial charge in [0.1, 0.15) is 12.1 Å². The van der Waals surface area contributed by atoms with Crippen LogP contribution >= 0.6 is 0 Å². The quantitative estimate of drug-likeness (QED) is 0.495. The molecule has 0 fully saturated rings. The molecule has 1 rings (SSSR count). The second-order valence-corrected chi connectivity index (χ2v) is 4.19. The van der Waals surface area contributed by atoms with Crippen molar-refractivity contribution in [1.82, 2.24) is 0 Å². The minimum Gasteiger partial charge on any atom is -0.488 e. The molecule has 0 aliphatic carbocycles. The number of hydrogen-bond donors (Lipinski definition) is 1. The number of hydrogen-bond acceptors (Lipinski definition) is 6. The largest absolute Gasteiger partial charge is 0.488 e. The number of carbonyl (C=O) groups excluding carboxylic acids is 1. The van der Waals surface area contributed by atoms with E-state index in [-0.39, 0.29) is 0 Å². The fourth-order valence-corrected chi connectivity index (χ4v) is 1.29. The third-order valence-corrected chi connectivity index (χ3v) is 2.38. The topological polar surface area (TPSA) is 105 Å². The minimum absolute atomic E-state index is 0.386. The van der Waals surface area contributed by atoms with Gasteiger partial charge in [-0.3, -0.25) is 10.1 Å². The lowest BCUT2D eigenvalue weighted by molar-refractivity contribution is -0.387. The first kappa shape index (κ1) is 15.8. The molecule has 0 radical (unpaired) electrons. The van der Waals surface area contributed by atoms with Crippen molar-refractivity contribution >= 4 is 11.7 Å². The van der Waals surface area contributed by atoms with Gasteiger partial charge >= 0.3 is 11.7 Å². The van der Waals surface area contributed by atoms with Gasteiger partial charge < -0.3 is 15.2 Å². The van der Waals surface area contributed by atoms with E-state index >= 15 is 0 Å². The molecule has 0 aliphatic heterocycles. The van der Waals surface area contributed by atoms with Crippen molar-refractivity contribution in [3.05, 3.63) is 33.9 Å². The van der Waals surface area contributed by atoms with Gasteiger partial charge in [0.05, 0.1) is 18.1 Å². The molecule has 0 aromatic heterocycles. The zero-order chi connectivity index (χ0) is 15.5. The number of rotatable bonds is 5. The van der Waals surface area contributed by atoms with E-state index in [2.05, 4.69) is 4.74 Å². The molecule has 0 heterocycles. The predicted molar refractivity (Wildman–Crippen MR) is 63.1 cm³/mol. The van der Waals surface area contributed by atoms with Gasteiger partial charge in [0.25, 0.3) is 0 Å². The molecule has 0 aliphatic rings. The lowest BCUT2D eigenvalue weighted by atomic mass is 10.1. The van der Waals surface area contributed by atoms with E-state index in [0.29, 0.717) is 12.1 Å². The number of methoxy groups -OCH3 is 1. The molecule has 0 bridgehead atoms. The molecule has 20 heavy (non-hydrogen) atoms. The van der Waals surface area contributed by atoms with Crippen molar-refractivity contribution < 1.29 is 28.0 Å². The maximum absolute atomic E-state index is 13.5. The van der Waals surface area contributed by atoms with E-state index < -0.39 is 46.1 Å². The molecule has 9 heteroatoms. The number of ether oxygens (including phenoxy) is 2. The first-order chi connectivity index (χ1) is 9.19. The van der Waals surface area contributed by atoms with Crippen molar-refractivity contribution in [2.45, 2.75) is 12.5 Å². The van der Waals surface area contributed by atoms with E-state index in [1.165, 1.54) is 6.92 Å². The highest BCUT2D eigenvalue weighted by molar-refractivity contribution is 5.80. The molecule has 1 aromatic rings. The number of carbonyl (C=O) groups is 1. The van der Waals surface area contributed by atoms with Crippen LogP contribution in [0.1, 0.15) is 6.92 Å². The Morgan fingerprint density at radius 2 is 2.05 bits per heavy atom. The van der Waals surface area contributed by atoms with Crippen molar-refractivity contribution in [3.63, 3.8) is 0 Å². The van der Waals surface area contributed by atoms with Crippen LogP contribution in [-0.2, 0) is 9.53 Å². The molecule has 110 valence electrons. The van der Waals surface area contributed by atoms with Crippen LogP contribution in [-0.4, -0.2) is 30.1 Å². The first-order valence-corrected chi connectivity index (χ1v) is 5.32. The number of nitrogens with two attached hydrogens (primary N) is 1. The Labute approximate surface area is 112 Å². The van der Waals surface area contributed by atoms with Crippen LogP contribution in [0.15, 0.2) is 12.1 Å². The highest BCUT2D eigenvalue weighted by atomic mass is 19.1. The molecule has 1 atom stereocenters. The van der Waals surface area contributed by atoms with Gasteiger partial charge in [-0.2, -0.15) is 4.39 Å². The van der Waals surface area contributed by atoms with Gasteiger partial charge in [-0.1, -0.05) is 0 Å². The molecule has 0 amide bonds. The normalized spacial score (nSPS) is 13.4. The Morgan fingerprint density at radius 1 is 1.45 bits per heavy atom. The molecule has 1 aromatic carbocycles. The van der Waals surface area contributed by atoms with Gasteiger partial charge in [-0.25, -0.2) is 9.18 Å². The zero-order valence-electron chi connectivity index (χ0n) is 10.7. The third kappa shape index (κ3) is 3.38. The molecule has 0 spiro atoms. The summed E-state index contributed by atoms with van der Waals surface area (Å²) in [5, 5.41) is 10.4. The van der Waals surface area contributed by atoms with E-state index in [9.17, 15) is 23.7 Å². The summed E-state index contributed by atoms with van der Waals surface area (Å²) >= 11 is 0. The van der Waals surface area contributed by atoms with Crippen molar-refractivity contribution in [2.24, 2.45) is 5.73 Å². The summed E-state index contributed by atoms with van der Waals surface area (Å²) < 4.78 is 36.1. The third-order valence-electron chi connectivity index (χ3n) is 2.38. The molecular formula is C11H12F2N2O5. The average molecular weight is 290 g/mol. The predicted octanol–water partition coefficient (Wildman–Crippen LogP) is 1.14. The maximum atomic E-state index is 13.5. The second-order valence-electron chi connectivity index (χ2n) is 4.19. The highest BCUT2D eigenvalue weighted by Crippen LogP contribution is 2.26. The number of benzene rings is 1. The minimum atomic E-state index is -1.57. The number of esters is 1. The highest BCUT2D eigenvalue weighted by Gasteiger charge is 2.31. The lowest BCUT2D eigenvalue weighted by Gasteiger charge is -2.21. The van der Waals surface area contributed by atoms with Crippen molar-refractivity contribution in [2.75, 3.05) is 13.7 Å². The Bertz CT molecular complexity index is 548. The summed E-state index contributed by atoms with van der Waals surface area (Å²) in [7, 11) is 1.11. The van der Waals surface area contributed by atoms with Crippen LogP contribution in [0.2, 0.25) is 0 Å². The average Bonchev–Trinajstić information content (AvgIpc) is 2.37. The number of halogens is 2. The van der Waals surface area contributed by atoms with Gasteiger partial charge in [0, 0.05) is 6.07 Å². The van der Waals surface area contributed by atoms with Crippen LogP contribution in [0, 0.1) is 21.7 Å². The molecule has 7 nitrogen and oxygen atoms in total. The molecule has 2 N–H and O–H groups in total. The summed E-state index contributed by atoms with van der Waals surface area (Å²) in [4.78, 5) is 20.6. The fraction of sp³-hybridized carbons (Fsp3) is 0.364. The fourth-order valence-electron chi connectivity index (χ4n) is 1.29. The summed E-state index contributed by atoms with van der Waals surface area (Å²) in [6.07, 6.45) is 0. The van der Waals surface area contributed by atoms with E-state index in [1.54, 1.807) is 0 Å². The molecule has 1 unspecified atom stereocenters. The second kappa shape index (κ2) is 5.78. The van der Waals surface area contributed by atoms with E-state index in [4.69, 9.17) is 10.5 Å². The Hall–Kier alpha value is -2.29. The zero-order valence-corrected chi connectivity index (χ0v) is 10.7. The number of nitrogens with zero attached hydrogens (tertiary/aromatic N) is 1. The smallest absolute Gasteiger partial charge is 0.329 e. The van der Waals surface area contributed by atoms with Crippen LogP contribution in [0.25, 0.3) is 0 Å². The van der Waals surface area contributed by atoms with Crippen LogP contribution in [0.4, 0.5) is 14.5 Å². The lowest BCUT2D eigenvalue weighted by Crippen LogP contribution is -2.50. The number of nitro groups is 1. The Kier molecular flexibility index (Phi) is 4.56. The Morgan fingerprint density at radius 3 is 2.55 bits per heavy atom. The maximum Gasteiger partial charge on any atom is 0.329 e. The van der Waals surface area contributed by atoms with Crippen LogP contribution < -0.4 is 10.5 Å². The molecule has 0 saturated carbocycles. The standard InChI is InChI=1S/C11H12F2N2O5/c1-11(14,10(16)19-2)5-20-9-4-6(12)8(15(17)18)3-7(9)13/h3-4H,5,14H2,1-2H3. The van der Waals surface area contributed by atoms with Crippen molar-refractivity contribution in [1.29, 1.82) is 0 Å². The van der Waals surface area contributed by atoms with E-state index in [0.717, 1.165) is 7.11 Å². The monoisotopic (exact) mass is 290 g/mol. The molecular weight excluding hydrogens is 278 g/mol.